The van der Waals surface area contributed by atoms with Gasteiger partial charge in [0.2, 0.25) is 0 Å². The summed E-state index contributed by atoms with van der Waals surface area (Å²) in [6.07, 6.45) is -0.786. The normalized spacial score (nSPS) is 13.9. The second-order valence-electron chi connectivity index (χ2n) is 3.28. The topological polar surface area (TPSA) is 20.2 Å². The molecule has 0 aliphatic rings. The van der Waals surface area contributed by atoms with E-state index >= 15 is 0 Å². The molecule has 1 unspecified atom stereocenters. The predicted octanol–water partition coefficient (Wildman–Crippen LogP) is 1.77. The second-order valence-corrected chi connectivity index (χ2v) is 5.84. The Labute approximate surface area is 94.7 Å². The van der Waals surface area contributed by atoms with Crippen LogP contribution in [0.5, 0.6) is 0 Å². The molecule has 1 nitrogen and oxygen atoms in total. The molecule has 1 rings (SSSR count). The van der Waals surface area contributed by atoms with E-state index in [4.69, 9.17) is 0 Å². The monoisotopic (exact) mass is 280 g/mol. The number of benzene rings is 1. The Morgan fingerprint density at radius 2 is 1.93 bits per heavy atom. The third-order valence-electron chi connectivity index (χ3n) is 1.95. The molecule has 0 amide bonds. The molecular formula is C11H14F2OSe. The van der Waals surface area contributed by atoms with E-state index in [1.807, 2.05) is 0 Å². The summed E-state index contributed by atoms with van der Waals surface area (Å²) in [5, 5.41) is 9.30. The summed E-state index contributed by atoms with van der Waals surface area (Å²) in [7, 11) is 0. The summed E-state index contributed by atoms with van der Waals surface area (Å²) in [5.74, 6) is 0. The van der Waals surface area contributed by atoms with Crippen LogP contribution in [0.25, 0.3) is 0 Å². The van der Waals surface area contributed by atoms with Crippen LogP contribution in [0.15, 0.2) is 30.3 Å². The standard InChI is InChI=1S/C11H14F2OSe/c1-2-6-10(14)11(12,13)15-9-7-4-3-5-8-9/h3-5,7-8,10,14H,2,6H2,1H3. The molecular weight excluding hydrogens is 265 g/mol. The fourth-order valence-corrected chi connectivity index (χ4v) is 2.96. The van der Waals surface area contributed by atoms with E-state index < -0.39 is 25.9 Å². The number of alkyl halides is 2. The summed E-state index contributed by atoms with van der Waals surface area (Å²) in [6.45, 7) is 1.79. The van der Waals surface area contributed by atoms with E-state index in [0.29, 0.717) is 10.9 Å². The van der Waals surface area contributed by atoms with Crippen LogP contribution in [0.4, 0.5) is 8.78 Å². The molecule has 15 heavy (non-hydrogen) atoms. The molecule has 1 aromatic rings. The number of hydrogen-bond acceptors (Lipinski definition) is 1. The average molecular weight is 279 g/mol. The molecule has 0 fully saturated rings. The third kappa shape index (κ3) is 3.90. The van der Waals surface area contributed by atoms with Gasteiger partial charge in [0.25, 0.3) is 0 Å². The summed E-state index contributed by atoms with van der Waals surface area (Å²) >= 11 is -0.997. The minimum absolute atomic E-state index is 0.154. The van der Waals surface area contributed by atoms with E-state index in [9.17, 15) is 13.9 Å². The van der Waals surface area contributed by atoms with E-state index in [1.54, 1.807) is 37.3 Å². The Bertz CT molecular complexity index is 290. The molecule has 0 spiro atoms. The van der Waals surface area contributed by atoms with Gasteiger partial charge >= 0.3 is 94.3 Å². The zero-order valence-electron chi connectivity index (χ0n) is 8.49. The number of aliphatic hydroxyl groups excluding tert-OH is 1. The van der Waals surface area contributed by atoms with Crippen molar-refractivity contribution in [2.45, 2.75) is 30.7 Å². The van der Waals surface area contributed by atoms with Gasteiger partial charge in [0.1, 0.15) is 0 Å². The number of aliphatic hydroxyl groups is 1. The Morgan fingerprint density at radius 1 is 1.33 bits per heavy atom. The van der Waals surface area contributed by atoms with Crippen molar-refractivity contribution in [1.82, 2.24) is 0 Å². The van der Waals surface area contributed by atoms with Crippen LogP contribution in [0.3, 0.4) is 0 Å². The van der Waals surface area contributed by atoms with Crippen LogP contribution in [-0.2, 0) is 0 Å². The van der Waals surface area contributed by atoms with Crippen molar-refractivity contribution in [3.8, 4) is 0 Å². The maximum absolute atomic E-state index is 13.5. The molecule has 0 saturated heterocycles. The molecule has 0 bridgehead atoms. The first-order chi connectivity index (χ1) is 7.06. The molecule has 1 aromatic carbocycles. The summed E-state index contributed by atoms with van der Waals surface area (Å²) in [4.78, 5) is -2.97. The molecule has 0 heterocycles. The molecule has 84 valence electrons. The molecule has 1 N–H and O–H groups in total. The summed E-state index contributed by atoms with van der Waals surface area (Å²) in [5.41, 5.74) is 0. The minimum atomic E-state index is -2.97. The molecule has 4 heteroatoms. The quantitative estimate of drug-likeness (QED) is 0.814. The van der Waals surface area contributed by atoms with Crippen molar-refractivity contribution in [3.63, 3.8) is 0 Å². The third-order valence-corrected chi connectivity index (χ3v) is 4.15. The summed E-state index contributed by atoms with van der Waals surface area (Å²) < 4.78 is 27.6. The van der Waals surface area contributed by atoms with Gasteiger partial charge in [-0.15, -0.1) is 0 Å². The van der Waals surface area contributed by atoms with Crippen molar-refractivity contribution in [3.05, 3.63) is 30.3 Å². The van der Waals surface area contributed by atoms with Crippen molar-refractivity contribution in [1.29, 1.82) is 0 Å². The fourth-order valence-electron chi connectivity index (χ4n) is 1.16. The first kappa shape index (κ1) is 12.6. The van der Waals surface area contributed by atoms with Gasteiger partial charge in [-0.1, -0.05) is 0 Å². The Balaban J connectivity index is 2.63. The Morgan fingerprint density at radius 3 is 2.47 bits per heavy atom. The van der Waals surface area contributed by atoms with Crippen molar-refractivity contribution < 1.29 is 13.9 Å². The molecule has 0 radical (unpaired) electrons. The van der Waals surface area contributed by atoms with Crippen LogP contribution in [-0.4, -0.2) is 31.0 Å². The molecule has 0 aromatic heterocycles. The fraction of sp³-hybridized carbons (Fsp3) is 0.455. The zero-order chi connectivity index (χ0) is 11.3. The number of rotatable bonds is 5. The van der Waals surface area contributed by atoms with E-state index in [-0.39, 0.29) is 6.42 Å². The molecule has 1 atom stereocenters. The van der Waals surface area contributed by atoms with Crippen molar-refractivity contribution in [2.24, 2.45) is 0 Å². The Kier molecular flexibility index (Phi) is 4.71. The van der Waals surface area contributed by atoms with Crippen LogP contribution < -0.4 is 4.46 Å². The van der Waals surface area contributed by atoms with E-state index in [0.717, 1.165) is 0 Å². The van der Waals surface area contributed by atoms with Crippen LogP contribution in [0.2, 0.25) is 0 Å². The van der Waals surface area contributed by atoms with Crippen LogP contribution >= 0.6 is 0 Å². The molecule has 0 aliphatic carbocycles. The van der Waals surface area contributed by atoms with Crippen LogP contribution in [0.1, 0.15) is 19.8 Å². The van der Waals surface area contributed by atoms with Gasteiger partial charge in [0, 0.05) is 0 Å². The van der Waals surface area contributed by atoms with Crippen LogP contribution in [0, 0.1) is 0 Å². The molecule has 0 saturated carbocycles. The predicted molar refractivity (Wildman–Crippen MR) is 57.7 cm³/mol. The summed E-state index contributed by atoms with van der Waals surface area (Å²) in [6, 6.07) is 8.61. The maximum atomic E-state index is 13.5. The first-order valence-electron chi connectivity index (χ1n) is 4.86. The van der Waals surface area contributed by atoms with Crippen molar-refractivity contribution in [2.75, 3.05) is 0 Å². The van der Waals surface area contributed by atoms with Gasteiger partial charge in [-0.2, -0.15) is 0 Å². The van der Waals surface area contributed by atoms with Crippen molar-refractivity contribution >= 4 is 19.4 Å². The van der Waals surface area contributed by atoms with E-state index in [2.05, 4.69) is 0 Å². The van der Waals surface area contributed by atoms with Gasteiger partial charge in [0.15, 0.2) is 0 Å². The number of halogens is 2. The van der Waals surface area contributed by atoms with Gasteiger partial charge in [0.05, 0.1) is 0 Å². The zero-order valence-corrected chi connectivity index (χ0v) is 10.2. The SMILES string of the molecule is CCCC(O)C(F)(F)[Se]c1ccccc1. The first-order valence-corrected chi connectivity index (χ1v) is 6.57. The average Bonchev–Trinajstić information content (AvgIpc) is 2.19. The van der Waals surface area contributed by atoms with Gasteiger partial charge in [-0.05, 0) is 0 Å². The molecule has 0 aliphatic heterocycles. The van der Waals surface area contributed by atoms with Gasteiger partial charge < -0.3 is 0 Å². The Hall–Kier alpha value is -0.441. The van der Waals surface area contributed by atoms with Gasteiger partial charge in [-0.3, -0.25) is 0 Å². The number of hydrogen-bond donors (Lipinski definition) is 1. The van der Waals surface area contributed by atoms with E-state index in [1.165, 1.54) is 0 Å². The second kappa shape index (κ2) is 5.59. The van der Waals surface area contributed by atoms with Gasteiger partial charge in [-0.25, -0.2) is 0 Å².